The second-order valence-electron chi connectivity index (χ2n) is 6.43. The number of thiophene rings is 1. The van der Waals surface area contributed by atoms with E-state index in [9.17, 15) is 4.79 Å². The molecule has 8 heteroatoms. The summed E-state index contributed by atoms with van der Waals surface area (Å²) in [5, 5.41) is 6.31. The summed E-state index contributed by atoms with van der Waals surface area (Å²) in [6.45, 7) is 1.02. The molecule has 144 valence electrons. The van der Waals surface area contributed by atoms with Crippen molar-refractivity contribution in [3.63, 3.8) is 0 Å². The first kappa shape index (κ1) is 18.3. The van der Waals surface area contributed by atoms with E-state index in [0.29, 0.717) is 28.1 Å². The maximum Gasteiger partial charge on any atom is 0.271 e. The highest BCUT2D eigenvalue weighted by Crippen LogP contribution is 2.37. The van der Waals surface area contributed by atoms with Crippen molar-refractivity contribution in [3.05, 3.63) is 76.9 Å². The van der Waals surface area contributed by atoms with E-state index >= 15 is 0 Å². The van der Waals surface area contributed by atoms with E-state index in [1.165, 1.54) is 22.7 Å². The molecule has 5 nitrogen and oxygen atoms in total. The summed E-state index contributed by atoms with van der Waals surface area (Å²) in [5.74, 6) is -0.137. The van der Waals surface area contributed by atoms with Crippen molar-refractivity contribution in [2.45, 2.75) is 6.54 Å². The van der Waals surface area contributed by atoms with Crippen molar-refractivity contribution in [1.82, 2.24) is 14.8 Å². The van der Waals surface area contributed by atoms with Crippen LogP contribution in [0.3, 0.4) is 0 Å². The fourth-order valence-electron chi connectivity index (χ4n) is 3.17. The van der Waals surface area contributed by atoms with Gasteiger partial charge < -0.3 is 0 Å². The van der Waals surface area contributed by atoms with Crippen LogP contribution in [0, 0.1) is 0 Å². The Labute approximate surface area is 179 Å². The minimum Gasteiger partial charge on any atom is -0.281 e. The number of benzene rings is 2. The lowest BCUT2D eigenvalue weighted by Crippen LogP contribution is -2.33. The topological polar surface area (TPSA) is 51.0 Å². The molecule has 0 saturated heterocycles. The van der Waals surface area contributed by atoms with E-state index in [4.69, 9.17) is 16.6 Å². The third-order valence-electron chi connectivity index (χ3n) is 4.60. The third-order valence-corrected chi connectivity index (χ3v) is 7.32. The number of hydrogen-bond acceptors (Lipinski definition) is 5. The molecule has 29 heavy (non-hydrogen) atoms. The van der Waals surface area contributed by atoms with E-state index in [2.05, 4.69) is 5.10 Å². The molecule has 1 amide bonds. The number of carbonyl (C=O) groups is 1. The molecule has 0 atom stereocenters. The Bertz CT molecular complexity index is 1280. The minimum atomic E-state index is -0.137. The lowest BCUT2D eigenvalue weighted by Gasteiger charge is -2.19. The number of anilines is 1. The normalized spacial score (nSPS) is 11.3. The molecule has 0 fully saturated rings. The largest absolute Gasteiger partial charge is 0.281 e. The Hall–Kier alpha value is -2.74. The average molecular weight is 439 g/mol. The van der Waals surface area contributed by atoms with Gasteiger partial charge in [0.1, 0.15) is 4.88 Å². The molecule has 0 unspecified atom stereocenters. The van der Waals surface area contributed by atoms with Crippen LogP contribution in [0.5, 0.6) is 0 Å². The Morgan fingerprint density at radius 2 is 1.83 bits per heavy atom. The molecule has 2 aromatic carbocycles. The standard InChI is InChI=1S/C21H15ClN4OS2/c22-18-14-6-1-3-8-16(14)28-19(18)20(27)26(13-12-25-11-5-10-23-25)21-24-15-7-2-4-9-17(15)29-21/h1-11H,12-13H2. The van der Waals surface area contributed by atoms with Gasteiger partial charge in [0.05, 0.1) is 21.8 Å². The number of rotatable bonds is 5. The average Bonchev–Trinajstić information content (AvgIpc) is 3.47. The second kappa shape index (κ2) is 7.59. The molecule has 0 bridgehead atoms. The summed E-state index contributed by atoms with van der Waals surface area (Å²) in [4.78, 5) is 20.5. The Balaban J connectivity index is 1.56. The fourth-order valence-corrected chi connectivity index (χ4v) is 5.62. The third kappa shape index (κ3) is 3.42. The molecular formula is C21H15ClN4OS2. The molecule has 0 N–H and O–H groups in total. The van der Waals surface area contributed by atoms with Crippen LogP contribution in [0.25, 0.3) is 20.3 Å². The van der Waals surface area contributed by atoms with Gasteiger partial charge in [-0.1, -0.05) is 53.3 Å². The number of fused-ring (bicyclic) bond motifs is 2. The monoisotopic (exact) mass is 438 g/mol. The summed E-state index contributed by atoms with van der Waals surface area (Å²) < 4.78 is 3.85. The van der Waals surface area contributed by atoms with Gasteiger partial charge in [-0.2, -0.15) is 5.10 Å². The molecule has 5 aromatic rings. The molecule has 3 aromatic heterocycles. The van der Waals surface area contributed by atoms with Gasteiger partial charge in [0, 0.05) is 29.0 Å². The van der Waals surface area contributed by atoms with Crippen molar-refractivity contribution in [1.29, 1.82) is 0 Å². The van der Waals surface area contributed by atoms with Crippen molar-refractivity contribution in [3.8, 4) is 0 Å². The van der Waals surface area contributed by atoms with Gasteiger partial charge in [-0.15, -0.1) is 11.3 Å². The highest BCUT2D eigenvalue weighted by Gasteiger charge is 2.26. The fraction of sp³-hybridized carbons (Fsp3) is 0.0952. The zero-order valence-corrected chi connectivity index (χ0v) is 17.5. The van der Waals surface area contributed by atoms with Crippen LogP contribution in [0.15, 0.2) is 67.0 Å². The number of halogens is 1. The number of amides is 1. The van der Waals surface area contributed by atoms with Crippen LogP contribution in [0.2, 0.25) is 5.02 Å². The summed E-state index contributed by atoms with van der Waals surface area (Å²) in [6.07, 6.45) is 3.61. The summed E-state index contributed by atoms with van der Waals surface area (Å²) in [6, 6.07) is 17.6. The molecule has 0 spiro atoms. The lowest BCUT2D eigenvalue weighted by molar-refractivity contribution is 0.0990. The van der Waals surface area contributed by atoms with Crippen molar-refractivity contribution >= 4 is 65.6 Å². The number of aromatic nitrogens is 3. The highest BCUT2D eigenvalue weighted by molar-refractivity contribution is 7.23. The van der Waals surface area contributed by atoms with Crippen LogP contribution in [0.4, 0.5) is 5.13 Å². The zero-order valence-electron chi connectivity index (χ0n) is 15.2. The number of thiazole rings is 1. The predicted octanol–water partition coefficient (Wildman–Crippen LogP) is 5.71. The van der Waals surface area contributed by atoms with Crippen LogP contribution in [0.1, 0.15) is 9.67 Å². The Morgan fingerprint density at radius 1 is 1.03 bits per heavy atom. The summed E-state index contributed by atoms with van der Waals surface area (Å²) in [7, 11) is 0. The quantitative estimate of drug-likeness (QED) is 0.353. The van der Waals surface area contributed by atoms with Gasteiger partial charge in [0.15, 0.2) is 5.13 Å². The second-order valence-corrected chi connectivity index (χ2v) is 8.87. The molecule has 5 rings (SSSR count). The molecule has 0 aliphatic rings. The van der Waals surface area contributed by atoms with Crippen LogP contribution in [-0.4, -0.2) is 27.2 Å². The first-order chi connectivity index (χ1) is 14.2. The zero-order chi connectivity index (χ0) is 19.8. The van der Waals surface area contributed by atoms with Crippen LogP contribution in [-0.2, 0) is 6.54 Å². The molecule has 0 radical (unpaired) electrons. The number of nitrogens with zero attached hydrogens (tertiary/aromatic N) is 4. The number of para-hydroxylation sites is 1. The number of carbonyl (C=O) groups excluding carboxylic acids is 1. The molecule has 0 aliphatic heterocycles. The van der Waals surface area contributed by atoms with Crippen LogP contribution < -0.4 is 4.90 Å². The highest BCUT2D eigenvalue weighted by atomic mass is 35.5. The van der Waals surface area contributed by atoms with Crippen LogP contribution >= 0.6 is 34.3 Å². The van der Waals surface area contributed by atoms with Gasteiger partial charge in [-0.25, -0.2) is 4.98 Å². The van der Waals surface area contributed by atoms with Gasteiger partial charge in [-0.3, -0.25) is 14.4 Å². The SMILES string of the molecule is O=C(c1sc2ccccc2c1Cl)N(CCn1cccn1)c1nc2ccccc2s1. The maximum atomic E-state index is 13.6. The van der Waals surface area contributed by atoms with E-state index in [1.54, 1.807) is 15.8 Å². The van der Waals surface area contributed by atoms with E-state index in [-0.39, 0.29) is 5.91 Å². The first-order valence-corrected chi connectivity index (χ1v) is 11.0. The number of hydrogen-bond donors (Lipinski definition) is 0. The van der Waals surface area contributed by atoms with E-state index < -0.39 is 0 Å². The first-order valence-electron chi connectivity index (χ1n) is 9.02. The maximum absolute atomic E-state index is 13.6. The van der Waals surface area contributed by atoms with Gasteiger partial charge in [0.25, 0.3) is 5.91 Å². The lowest BCUT2D eigenvalue weighted by atomic mass is 10.2. The smallest absolute Gasteiger partial charge is 0.271 e. The Morgan fingerprint density at radius 3 is 2.59 bits per heavy atom. The van der Waals surface area contributed by atoms with Crippen molar-refractivity contribution in [2.24, 2.45) is 0 Å². The Kier molecular flexibility index (Phi) is 4.79. The van der Waals surface area contributed by atoms with E-state index in [1.807, 2.05) is 60.8 Å². The summed E-state index contributed by atoms with van der Waals surface area (Å²) in [5.41, 5.74) is 0.881. The van der Waals surface area contributed by atoms with Crippen molar-refractivity contribution in [2.75, 3.05) is 11.4 Å². The van der Waals surface area contributed by atoms with Gasteiger partial charge >= 0.3 is 0 Å². The van der Waals surface area contributed by atoms with Gasteiger partial charge in [-0.05, 0) is 24.3 Å². The molecule has 0 aliphatic carbocycles. The molecule has 0 saturated carbocycles. The minimum absolute atomic E-state index is 0.137. The van der Waals surface area contributed by atoms with Crippen molar-refractivity contribution < 1.29 is 4.79 Å². The molecular weight excluding hydrogens is 424 g/mol. The molecule has 3 heterocycles. The predicted molar refractivity (Wildman–Crippen MR) is 120 cm³/mol. The van der Waals surface area contributed by atoms with E-state index in [0.717, 1.165) is 20.3 Å². The summed E-state index contributed by atoms with van der Waals surface area (Å²) >= 11 is 9.51. The van der Waals surface area contributed by atoms with Gasteiger partial charge in [0.2, 0.25) is 0 Å².